The molecule has 0 amide bonds. The van der Waals surface area contributed by atoms with Crippen LogP contribution in [0.15, 0.2) is 30.5 Å². The van der Waals surface area contributed by atoms with Crippen LogP contribution in [0.1, 0.15) is 12.5 Å². The number of aromatic nitrogens is 1. The second-order valence-corrected chi connectivity index (χ2v) is 3.63. The van der Waals surface area contributed by atoms with Crippen LogP contribution in [0.4, 0.5) is 0 Å². The lowest BCUT2D eigenvalue weighted by molar-refractivity contribution is -0.138. The van der Waals surface area contributed by atoms with Gasteiger partial charge in [-0.25, -0.2) is 9.78 Å². The van der Waals surface area contributed by atoms with Gasteiger partial charge in [0.15, 0.2) is 0 Å². The van der Waals surface area contributed by atoms with Crippen LogP contribution in [0.25, 0.3) is 0 Å². The van der Waals surface area contributed by atoms with Crippen molar-refractivity contribution in [1.29, 1.82) is 0 Å². The van der Waals surface area contributed by atoms with E-state index in [-0.39, 0.29) is 5.97 Å². The largest absolute Gasteiger partial charge is 0.481 e. The molecule has 0 saturated carbocycles. The molecule has 0 aliphatic heterocycles. The normalized spacial score (nSPS) is 9.89. The number of carbonyl (C=O) groups is 1. The van der Waals surface area contributed by atoms with E-state index in [0.717, 1.165) is 5.56 Å². The highest BCUT2D eigenvalue weighted by molar-refractivity contribution is 5.88. The van der Waals surface area contributed by atoms with Crippen LogP contribution in [0, 0.1) is 0 Å². The number of hydrogen-bond acceptors (Lipinski definition) is 5. The van der Waals surface area contributed by atoms with Gasteiger partial charge in [-0.05, 0) is 18.6 Å². The van der Waals surface area contributed by atoms with Crippen LogP contribution in [0.2, 0.25) is 0 Å². The molecular formula is C13H18N2O3. The minimum Gasteiger partial charge on any atom is -0.481 e. The number of nitrogens with zero attached hydrogens (tertiary/aromatic N) is 1. The standard InChI is InChI=1S/C13H18N2O3/c1-4-18-13(16)10(2)8-14-9-11-5-6-15-12(7-11)17-3/h5-7,14H,2,4,8-9H2,1,3H3. The number of ether oxygens (including phenoxy) is 2. The maximum Gasteiger partial charge on any atom is 0.334 e. The van der Waals surface area contributed by atoms with Crippen molar-refractivity contribution in [3.63, 3.8) is 0 Å². The highest BCUT2D eigenvalue weighted by atomic mass is 16.5. The molecule has 0 fully saturated rings. The van der Waals surface area contributed by atoms with Crippen molar-refractivity contribution in [3.05, 3.63) is 36.0 Å². The van der Waals surface area contributed by atoms with E-state index in [1.165, 1.54) is 0 Å². The fraction of sp³-hybridized carbons (Fsp3) is 0.385. The SMILES string of the molecule is C=C(CNCc1ccnc(OC)c1)C(=O)OCC. The van der Waals surface area contributed by atoms with E-state index in [0.29, 0.717) is 31.1 Å². The van der Waals surface area contributed by atoms with Crippen LogP contribution in [-0.4, -0.2) is 31.2 Å². The molecule has 1 rings (SSSR count). The summed E-state index contributed by atoms with van der Waals surface area (Å²) in [6.07, 6.45) is 1.68. The summed E-state index contributed by atoms with van der Waals surface area (Å²) in [5.74, 6) is 0.204. The zero-order valence-corrected chi connectivity index (χ0v) is 10.7. The molecule has 5 heteroatoms. The lowest BCUT2D eigenvalue weighted by Crippen LogP contribution is -2.21. The molecule has 1 aromatic rings. The number of rotatable bonds is 7. The van der Waals surface area contributed by atoms with Gasteiger partial charge in [0, 0.05) is 30.9 Å². The van der Waals surface area contributed by atoms with Crippen molar-refractivity contribution in [3.8, 4) is 5.88 Å². The first-order valence-corrected chi connectivity index (χ1v) is 5.72. The Hall–Kier alpha value is -1.88. The average molecular weight is 250 g/mol. The molecule has 0 unspecified atom stereocenters. The number of pyridine rings is 1. The van der Waals surface area contributed by atoms with E-state index in [1.807, 2.05) is 12.1 Å². The number of methoxy groups -OCH3 is 1. The monoisotopic (exact) mass is 250 g/mol. The Morgan fingerprint density at radius 1 is 1.56 bits per heavy atom. The molecule has 18 heavy (non-hydrogen) atoms. The number of hydrogen-bond donors (Lipinski definition) is 1. The molecular weight excluding hydrogens is 232 g/mol. The van der Waals surface area contributed by atoms with Crippen molar-refractivity contribution < 1.29 is 14.3 Å². The van der Waals surface area contributed by atoms with Gasteiger partial charge in [0.2, 0.25) is 5.88 Å². The van der Waals surface area contributed by atoms with E-state index in [1.54, 1.807) is 20.2 Å². The summed E-state index contributed by atoms with van der Waals surface area (Å²) in [6, 6.07) is 3.71. The molecule has 0 atom stereocenters. The Bertz CT molecular complexity index is 418. The summed E-state index contributed by atoms with van der Waals surface area (Å²) < 4.78 is 9.86. The summed E-state index contributed by atoms with van der Waals surface area (Å²) in [5, 5.41) is 3.11. The van der Waals surface area contributed by atoms with E-state index >= 15 is 0 Å². The van der Waals surface area contributed by atoms with E-state index in [4.69, 9.17) is 9.47 Å². The highest BCUT2D eigenvalue weighted by Gasteiger charge is 2.06. The van der Waals surface area contributed by atoms with Crippen molar-refractivity contribution >= 4 is 5.97 Å². The van der Waals surface area contributed by atoms with Gasteiger partial charge < -0.3 is 14.8 Å². The van der Waals surface area contributed by atoms with Crippen LogP contribution < -0.4 is 10.1 Å². The predicted molar refractivity (Wildman–Crippen MR) is 68.3 cm³/mol. The Morgan fingerprint density at radius 2 is 2.33 bits per heavy atom. The maximum atomic E-state index is 11.3. The molecule has 1 N–H and O–H groups in total. The molecule has 1 aromatic heterocycles. The smallest absolute Gasteiger partial charge is 0.334 e. The first-order chi connectivity index (χ1) is 8.67. The summed E-state index contributed by atoms with van der Waals surface area (Å²) >= 11 is 0. The summed E-state index contributed by atoms with van der Waals surface area (Å²) in [4.78, 5) is 15.3. The Balaban J connectivity index is 2.37. The van der Waals surface area contributed by atoms with Crippen LogP contribution in [-0.2, 0) is 16.1 Å². The second kappa shape index (κ2) is 7.45. The minimum atomic E-state index is -0.364. The Labute approximate surface area is 107 Å². The average Bonchev–Trinajstić information content (AvgIpc) is 2.39. The van der Waals surface area contributed by atoms with Crippen LogP contribution in [0.5, 0.6) is 5.88 Å². The van der Waals surface area contributed by atoms with Crippen LogP contribution >= 0.6 is 0 Å². The lowest BCUT2D eigenvalue weighted by Gasteiger charge is -2.07. The highest BCUT2D eigenvalue weighted by Crippen LogP contribution is 2.08. The van der Waals surface area contributed by atoms with Gasteiger partial charge in [0.05, 0.1) is 13.7 Å². The third-order valence-corrected chi connectivity index (χ3v) is 2.24. The quantitative estimate of drug-likeness (QED) is 0.584. The number of esters is 1. The molecule has 0 aliphatic rings. The minimum absolute atomic E-state index is 0.361. The summed E-state index contributed by atoms with van der Waals surface area (Å²) in [6.45, 7) is 6.79. The molecule has 5 nitrogen and oxygen atoms in total. The Morgan fingerprint density at radius 3 is 3.00 bits per heavy atom. The summed E-state index contributed by atoms with van der Waals surface area (Å²) in [5.41, 5.74) is 1.44. The van der Waals surface area contributed by atoms with E-state index < -0.39 is 0 Å². The molecule has 0 saturated heterocycles. The number of nitrogens with one attached hydrogen (secondary N) is 1. The molecule has 0 spiro atoms. The van der Waals surface area contributed by atoms with Gasteiger partial charge in [0.25, 0.3) is 0 Å². The lowest BCUT2D eigenvalue weighted by atomic mass is 10.2. The van der Waals surface area contributed by atoms with Gasteiger partial charge in [-0.3, -0.25) is 0 Å². The molecule has 0 bridgehead atoms. The van der Waals surface area contributed by atoms with E-state index in [9.17, 15) is 4.79 Å². The first-order valence-electron chi connectivity index (χ1n) is 5.72. The molecule has 0 radical (unpaired) electrons. The molecule has 1 heterocycles. The summed E-state index contributed by atoms with van der Waals surface area (Å²) in [7, 11) is 1.57. The molecule has 98 valence electrons. The maximum absolute atomic E-state index is 11.3. The fourth-order valence-corrected chi connectivity index (χ4v) is 1.34. The zero-order chi connectivity index (χ0) is 13.4. The van der Waals surface area contributed by atoms with Crippen molar-refractivity contribution in [2.24, 2.45) is 0 Å². The van der Waals surface area contributed by atoms with Gasteiger partial charge in [0.1, 0.15) is 0 Å². The van der Waals surface area contributed by atoms with Gasteiger partial charge >= 0.3 is 5.97 Å². The molecule has 0 aromatic carbocycles. The second-order valence-electron chi connectivity index (χ2n) is 3.63. The molecule has 0 aliphatic carbocycles. The van der Waals surface area contributed by atoms with Crippen molar-refractivity contribution in [1.82, 2.24) is 10.3 Å². The van der Waals surface area contributed by atoms with Gasteiger partial charge in [-0.1, -0.05) is 6.58 Å². The van der Waals surface area contributed by atoms with E-state index in [2.05, 4.69) is 16.9 Å². The fourth-order valence-electron chi connectivity index (χ4n) is 1.34. The first kappa shape index (κ1) is 14.2. The van der Waals surface area contributed by atoms with Crippen molar-refractivity contribution in [2.75, 3.05) is 20.3 Å². The third kappa shape index (κ3) is 4.55. The Kier molecular flexibility index (Phi) is 5.87. The van der Waals surface area contributed by atoms with Crippen molar-refractivity contribution in [2.45, 2.75) is 13.5 Å². The third-order valence-electron chi connectivity index (χ3n) is 2.24. The van der Waals surface area contributed by atoms with Crippen LogP contribution in [0.3, 0.4) is 0 Å². The van der Waals surface area contributed by atoms with Gasteiger partial charge in [-0.2, -0.15) is 0 Å². The zero-order valence-electron chi connectivity index (χ0n) is 10.7. The topological polar surface area (TPSA) is 60.5 Å². The number of carbonyl (C=O) groups excluding carboxylic acids is 1. The predicted octanol–water partition coefficient (Wildman–Crippen LogP) is 1.30. The van der Waals surface area contributed by atoms with Gasteiger partial charge in [-0.15, -0.1) is 0 Å².